The molecule has 0 spiro atoms. The van der Waals surface area contributed by atoms with Gasteiger partial charge in [-0.25, -0.2) is 0 Å². The van der Waals surface area contributed by atoms with Crippen molar-refractivity contribution in [1.29, 1.82) is 0 Å². The van der Waals surface area contributed by atoms with E-state index in [1.54, 1.807) is 29.6 Å². The Balaban J connectivity index is 0.000000217. The summed E-state index contributed by atoms with van der Waals surface area (Å²) in [6.07, 6.45) is -0.581. The van der Waals surface area contributed by atoms with Crippen molar-refractivity contribution in [3.8, 4) is 23.0 Å². The Bertz CT molecular complexity index is 1320. The van der Waals surface area contributed by atoms with Gasteiger partial charge in [0.25, 0.3) is 0 Å². The van der Waals surface area contributed by atoms with Crippen molar-refractivity contribution in [2.24, 2.45) is 0 Å². The number of benzene rings is 4. The van der Waals surface area contributed by atoms with Crippen LogP contribution in [0.15, 0.2) is 119 Å². The van der Waals surface area contributed by atoms with Gasteiger partial charge in [0.05, 0.1) is 25.4 Å². The molecule has 8 nitrogen and oxygen atoms in total. The lowest BCUT2D eigenvalue weighted by Gasteiger charge is -2.14. The van der Waals surface area contributed by atoms with Crippen molar-refractivity contribution < 1.29 is 38.6 Å². The van der Waals surface area contributed by atoms with Crippen LogP contribution in [-0.4, -0.2) is 85.8 Å². The van der Waals surface area contributed by atoms with E-state index in [-0.39, 0.29) is 25.4 Å². The van der Waals surface area contributed by atoms with Crippen molar-refractivity contribution in [2.45, 2.75) is 34.2 Å². The molecule has 2 fully saturated rings. The molecule has 46 heavy (non-hydrogen) atoms. The second-order valence-corrected chi connectivity index (χ2v) is 12.8. The zero-order chi connectivity index (χ0) is 31.8. The fourth-order valence-electron chi connectivity index (χ4n) is 3.91. The Morgan fingerprint density at radius 2 is 0.913 bits per heavy atom. The fourth-order valence-corrected chi connectivity index (χ4v) is 5.58. The third kappa shape index (κ3) is 13.5. The minimum atomic E-state index is -0.573. The summed E-state index contributed by atoms with van der Waals surface area (Å²) in [5.41, 5.74) is 0. The largest absolute Gasteiger partial charge is 0.491 e. The molecule has 2 saturated heterocycles. The molecule has 0 amide bonds. The number of hydrogen-bond acceptors (Lipinski definition) is 10. The van der Waals surface area contributed by atoms with E-state index in [4.69, 9.17) is 28.4 Å². The lowest BCUT2D eigenvalue weighted by molar-refractivity contribution is 0.122. The highest BCUT2D eigenvalue weighted by Crippen LogP contribution is 2.24. The van der Waals surface area contributed by atoms with Crippen molar-refractivity contribution in [3.63, 3.8) is 0 Å². The first-order valence-electron chi connectivity index (χ1n) is 15.3. The van der Waals surface area contributed by atoms with Crippen LogP contribution >= 0.6 is 23.5 Å². The number of thioether (sulfide) groups is 2. The highest BCUT2D eigenvalue weighted by Gasteiger charge is 2.24. The molecule has 0 aromatic heterocycles. The molecule has 0 bridgehead atoms. The van der Waals surface area contributed by atoms with Gasteiger partial charge in [-0.1, -0.05) is 48.5 Å². The van der Waals surface area contributed by atoms with Crippen molar-refractivity contribution >= 4 is 23.5 Å². The molecule has 0 radical (unpaired) electrons. The topological polar surface area (TPSA) is 102 Å². The number of epoxide rings is 2. The second kappa shape index (κ2) is 18.7. The van der Waals surface area contributed by atoms with Crippen LogP contribution in [0.5, 0.6) is 23.0 Å². The highest BCUT2D eigenvalue weighted by molar-refractivity contribution is 7.99. The Morgan fingerprint density at radius 1 is 0.543 bits per heavy atom. The SMILES string of the molecule is OC(COc1cccc(OCC(O)CSc2ccccc2)c1)CSc1ccccc1.c1cc(OCC2CO2)cc(OCC2CO2)c1. The first-order valence-corrected chi connectivity index (χ1v) is 17.2. The molecule has 4 aromatic carbocycles. The van der Waals surface area contributed by atoms with E-state index in [0.717, 1.165) is 34.5 Å². The van der Waals surface area contributed by atoms with Gasteiger partial charge in [0.1, 0.15) is 61.6 Å². The first-order chi connectivity index (χ1) is 22.6. The molecular formula is C36H40O8S2. The molecule has 4 unspecified atom stereocenters. The van der Waals surface area contributed by atoms with Crippen LogP contribution in [0.3, 0.4) is 0 Å². The minimum absolute atomic E-state index is 0.208. The van der Waals surface area contributed by atoms with Gasteiger partial charge in [-0.15, -0.1) is 23.5 Å². The highest BCUT2D eigenvalue weighted by atomic mass is 32.2. The molecule has 4 aromatic rings. The molecular weight excluding hydrogens is 625 g/mol. The van der Waals surface area contributed by atoms with Gasteiger partial charge in [-0.3, -0.25) is 0 Å². The van der Waals surface area contributed by atoms with Crippen molar-refractivity contribution in [2.75, 3.05) is 51.1 Å². The van der Waals surface area contributed by atoms with E-state index in [1.165, 1.54) is 0 Å². The number of hydrogen-bond donors (Lipinski definition) is 2. The van der Waals surface area contributed by atoms with Crippen molar-refractivity contribution in [3.05, 3.63) is 109 Å². The summed E-state index contributed by atoms with van der Waals surface area (Å²) in [6, 6.07) is 34.9. The van der Waals surface area contributed by atoms with Crippen LogP contribution < -0.4 is 18.9 Å². The van der Waals surface area contributed by atoms with Crippen LogP contribution in [0.25, 0.3) is 0 Å². The summed E-state index contributed by atoms with van der Waals surface area (Å²) >= 11 is 3.19. The maximum absolute atomic E-state index is 10.2. The number of aliphatic hydroxyl groups is 2. The number of ether oxygens (including phenoxy) is 6. The van der Waals surface area contributed by atoms with Crippen LogP contribution in [-0.2, 0) is 9.47 Å². The lowest BCUT2D eigenvalue weighted by Crippen LogP contribution is -2.20. The summed E-state index contributed by atoms with van der Waals surface area (Å²) in [4.78, 5) is 2.24. The molecule has 0 aliphatic carbocycles. The van der Waals surface area contributed by atoms with Gasteiger partial charge in [-0.2, -0.15) is 0 Å². The van der Waals surface area contributed by atoms with E-state index in [0.29, 0.717) is 36.2 Å². The summed E-state index contributed by atoms with van der Waals surface area (Å²) in [6.45, 7) is 3.29. The van der Waals surface area contributed by atoms with Crippen LogP contribution in [0.4, 0.5) is 0 Å². The maximum Gasteiger partial charge on any atom is 0.123 e. The van der Waals surface area contributed by atoms with E-state index >= 15 is 0 Å². The van der Waals surface area contributed by atoms with E-state index < -0.39 is 12.2 Å². The molecule has 10 heteroatoms. The molecule has 244 valence electrons. The predicted octanol–water partition coefficient (Wildman–Crippen LogP) is 5.99. The average molecular weight is 665 g/mol. The monoisotopic (exact) mass is 664 g/mol. The maximum atomic E-state index is 10.2. The molecule has 2 aliphatic rings. The summed E-state index contributed by atoms with van der Waals surface area (Å²) in [7, 11) is 0. The number of rotatable bonds is 18. The lowest BCUT2D eigenvalue weighted by atomic mass is 10.3. The smallest absolute Gasteiger partial charge is 0.123 e. The third-order valence-corrected chi connectivity index (χ3v) is 8.86. The standard InChI is InChI=1S/C24H26O4S2.C12H14O4/c25-19(17-29-23-10-3-1-4-11-23)15-27-21-8-7-9-22(14-21)28-16-20(26)18-30-24-12-5-2-6-13-24;1-2-9(13-5-11-7-15-11)4-10(3-1)14-6-12-8-16-12/h1-14,19-20,25-26H,15-18H2;1-4,11-12H,5-8H2. The quantitative estimate of drug-likeness (QED) is 0.0974. The first kappa shape index (κ1) is 34.0. The fraction of sp³-hybridized carbons (Fsp3) is 0.333. The van der Waals surface area contributed by atoms with Crippen LogP contribution in [0, 0.1) is 0 Å². The summed E-state index contributed by atoms with van der Waals surface area (Å²) < 4.78 is 32.7. The average Bonchev–Trinajstić information content (AvgIpc) is 4.04. The zero-order valence-electron chi connectivity index (χ0n) is 25.5. The molecule has 6 rings (SSSR count). The zero-order valence-corrected chi connectivity index (χ0v) is 27.2. The summed E-state index contributed by atoms with van der Waals surface area (Å²) in [5.74, 6) is 4.03. The normalized spacial score (nSPS) is 17.5. The molecule has 2 N–H and O–H groups in total. The van der Waals surface area contributed by atoms with Gasteiger partial charge in [0.15, 0.2) is 0 Å². The molecule has 4 atom stereocenters. The van der Waals surface area contributed by atoms with Gasteiger partial charge in [0.2, 0.25) is 0 Å². The molecule has 0 saturated carbocycles. The predicted molar refractivity (Wildman–Crippen MR) is 181 cm³/mol. The second-order valence-electron chi connectivity index (χ2n) is 10.7. The Morgan fingerprint density at radius 3 is 1.28 bits per heavy atom. The Kier molecular flexibility index (Phi) is 13.8. The van der Waals surface area contributed by atoms with Gasteiger partial charge in [-0.05, 0) is 48.5 Å². The van der Waals surface area contributed by atoms with Crippen LogP contribution in [0.1, 0.15) is 0 Å². The van der Waals surface area contributed by atoms with E-state index in [1.807, 2.05) is 103 Å². The van der Waals surface area contributed by atoms with Crippen LogP contribution in [0.2, 0.25) is 0 Å². The van der Waals surface area contributed by atoms with Gasteiger partial charge >= 0.3 is 0 Å². The van der Waals surface area contributed by atoms with E-state index in [9.17, 15) is 10.2 Å². The summed E-state index contributed by atoms with van der Waals surface area (Å²) in [5, 5.41) is 20.3. The minimum Gasteiger partial charge on any atom is -0.491 e. The van der Waals surface area contributed by atoms with E-state index in [2.05, 4.69) is 0 Å². The molecule has 2 heterocycles. The van der Waals surface area contributed by atoms with Gasteiger partial charge in [0, 0.05) is 33.4 Å². The Hall–Kier alpha value is -3.38. The molecule has 2 aliphatic heterocycles. The van der Waals surface area contributed by atoms with Gasteiger partial charge < -0.3 is 38.6 Å². The Labute approximate surface area is 278 Å². The van der Waals surface area contributed by atoms with Crippen molar-refractivity contribution in [1.82, 2.24) is 0 Å². The third-order valence-electron chi connectivity index (χ3n) is 6.54. The number of aliphatic hydroxyl groups excluding tert-OH is 2.